The van der Waals surface area contributed by atoms with E-state index in [1.54, 1.807) is 0 Å². The van der Waals surface area contributed by atoms with Crippen LogP contribution in [0.4, 0.5) is 57.1 Å². The average molecular weight is 499 g/mol. The van der Waals surface area contributed by atoms with E-state index >= 15 is 0 Å². The van der Waals surface area contributed by atoms with Crippen molar-refractivity contribution in [1.29, 1.82) is 0 Å². The fourth-order valence-electron chi connectivity index (χ4n) is 1.76. The SMILES string of the molecule is CCCN(CC(=O)O)S(=O)(=O)C(F)(F)C(F)(F)C(F)(F)C(F)(F)C(F)(F)C(F)(F)F. The number of rotatable bonds is 10. The second kappa shape index (κ2) is 7.86. The van der Waals surface area contributed by atoms with Gasteiger partial charge in [-0.05, 0) is 6.42 Å². The lowest BCUT2D eigenvalue weighted by molar-refractivity contribution is -0.433. The maximum absolute atomic E-state index is 13.8. The van der Waals surface area contributed by atoms with Gasteiger partial charge in [0.2, 0.25) is 0 Å². The van der Waals surface area contributed by atoms with Crippen LogP contribution in [-0.2, 0) is 14.8 Å². The highest BCUT2D eigenvalue weighted by atomic mass is 32.2. The molecule has 0 aromatic rings. The van der Waals surface area contributed by atoms with Gasteiger partial charge >= 0.3 is 41.1 Å². The van der Waals surface area contributed by atoms with Gasteiger partial charge in [0.05, 0.1) is 0 Å². The van der Waals surface area contributed by atoms with Gasteiger partial charge in [0.1, 0.15) is 6.54 Å². The third kappa shape index (κ3) is 4.01. The van der Waals surface area contributed by atoms with E-state index in [1.807, 2.05) is 0 Å². The van der Waals surface area contributed by atoms with Crippen LogP contribution in [0.15, 0.2) is 0 Å². The Morgan fingerprint density at radius 2 is 1.13 bits per heavy atom. The Balaban J connectivity index is 6.71. The van der Waals surface area contributed by atoms with Gasteiger partial charge in [-0.3, -0.25) is 4.79 Å². The molecular weight excluding hydrogens is 489 g/mol. The van der Waals surface area contributed by atoms with Gasteiger partial charge in [-0.15, -0.1) is 0 Å². The summed E-state index contributed by atoms with van der Waals surface area (Å²) in [6.07, 6.45) is -8.26. The first kappa shape index (κ1) is 28.5. The minimum atomic E-state index is -8.29. The largest absolute Gasteiger partial charge is 0.480 e. The molecule has 0 saturated carbocycles. The van der Waals surface area contributed by atoms with E-state index in [-0.39, 0.29) is 0 Å². The van der Waals surface area contributed by atoms with Gasteiger partial charge in [-0.25, -0.2) is 8.42 Å². The highest BCUT2D eigenvalue weighted by Gasteiger charge is 2.92. The smallest absolute Gasteiger partial charge is 0.460 e. The van der Waals surface area contributed by atoms with Crippen LogP contribution in [0.25, 0.3) is 0 Å². The summed E-state index contributed by atoms with van der Waals surface area (Å²) in [6.45, 7) is -2.52. The standard InChI is InChI=1S/C11H10F13NO4S/c1-2-3-25(4-5(26)27)30(28,29)11(23,24)9(18,19)7(14,15)6(12,13)8(16,17)10(20,21)22/h2-4H2,1H3,(H,26,27). The molecule has 0 saturated heterocycles. The van der Waals surface area contributed by atoms with Gasteiger partial charge < -0.3 is 5.11 Å². The van der Waals surface area contributed by atoms with E-state index in [4.69, 9.17) is 5.11 Å². The maximum atomic E-state index is 13.8. The Kier molecular flexibility index (Phi) is 7.46. The van der Waals surface area contributed by atoms with Crippen LogP contribution < -0.4 is 0 Å². The van der Waals surface area contributed by atoms with Crippen molar-refractivity contribution in [2.45, 2.75) is 48.5 Å². The first-order valence-corrected chi connectivity index (χ1v) is 8.49. The van der Waals surface area contributed by atoms with Crippen molar-refractivity contribution < 1.29 is 75.4 Å². The molecule has 0 heterocycles. The van der Waals surface area contributed by atoms with Crippen LogP contribution in [0.5, 0.6) is 0 Å². The zero-order valence-electron chi connectivity index (χ0n) is 14.1. The third-order valence-electron chi connectivity index (χ3n) is 3.35. The number of aliphatic carboxylic acids is 1. The zero-order valence-corrected chi connectivity index (χ0v) is 14.9. The molecule has 0 aromatic carbocycles. The fourth-order valence-corrected chi connectivity index (χ4v) is 3.24. The van der Waals surface area contributed by atoms with Gasteiger partial charge in [0.25, 0.3) is 10.0 Å². The number of hydrogen-bond acceptors (Lipinski definition) is 3. The Bertz CT molecular complexity index is 747. The van der Waals surface area contributed by atoms with Crippen molar-refractivity contribution in [1.82, 2.24) is 4.31 Å². The summed E-state index contributed by atoms with van der Waals surface area (Å²) in [6, 6.07) is 0. The lowest BCUT2D eigenvalue weighted by Gasteiger charge is -2.40. The molecule has 5 nitrogen and oxygen atoms in total. The number of hydrogen-bond donors (Lipinski definition) is 1. The topological polar surface area (TPSA) is 74.7 Å². The summed E-state index contributed by atoms with van der Waals surface area (Å²) >= 11 is 0. The van der Waals surface area contributed by atoms with Crippen LogP contribution in [0.2, 0.25) is 0 Å². The summed E-state index contributed by atoms with van der Waals surface area (Å²) in [4.78, 5) is 10.5. The highest BCUT2D eigenvalue weighted by molar-refractivity contribution is 7.90. The lowest BCUT2D eigenvalue weighted by Crippen LogP contribution is -2.72. The molecule has 1 N–H and O–H groups in total. The van der Waals surface area contributed by atoms with Gasteiger partial charge in [-0.2, -0.15) is 61.4 Å². The molecule has 0 aliphatic carbocycles. The molecule has 0 radical (unpaired) electrons. The number of carbonyl (C=O) groups is 1. The van der Waals surface area contributed by atoms with Crippen LogP contribution in [0.1, 0.15) is 13.3 Å². The van der Waals surface area contributed by atoms with Crippen LogP contribution in [0, 0.1) is 0 Å². The van der Waals surface area contributed by atoms with E-state index < -0.39 is 74.9 Å². The van der Waals surface area contributed by atoms with Gasteiger partial charge in [0, 0.05) is 6.54 Å². The number of sulfonamides is 1. The van der Waals surface area contributed by atoms with Crippen molar-refractivity contribution in [2.24, 2.45) is 0 Å². The van der Waals surface area contributed by atoms with Crippen molar-refractivity contribution in [3.8, 4) is 0 Å². The molecule has 0 unspecified atom stereocenters. The van der Waals surface area contributed by atoms with Crippen molar-refractivity contribution >= 4 is 16.0 Å². The second-order valence-corrected chi connectivity index (χ2v) is 7.52. The molecule has 0 spiro atoms. The summed E-state index contributed by atoms with van der Waals surface area (Å²) in [5.41, 5.74) is 0. The van der Waals surface area contributed by atoms with Gasteiger partial charge in [-0.1, -0.05) is 6.92 Å². The summed E-state index contributed by atoms with van der Waals surface area (Å²) in [7, 11) is -7.31. The van der Waals surface area contributed by atoms with Crippen molar-refractivity contribution in [3.63, 3.8) is 0 Å². The van der Waals surface area contributed by atoms with E-state index in [9.17, 15) is 70.3 Å². The first-order chi connectivity index (χ1) is 12.9. The van der Waals surface area contributed by atoms with Gasteiger partial charge in [0.15, 0.2) is 0 Å². The predicted octanol–water partition coefficient (Wildman–Crippen LogP) is 3.81. The van der Waals surface area contributed by atoms with E-state index in [0.717, 1.165) is 6.92 Å². The van der Waals surface area contributed by atoms with E-state index in [1.165, 1.54) is 0 Å². The van der Waals surface area contributed by atoms with Crippen LogP contribution in [-0.4, -0.2) is 72.0 Å². The third-order valence-corrected chi connectivity index (χ3v) is 5.25. The Labute approximate surface area is 158 Å². The lowest BCUT2D eigenvalue weighted by atomic mass is 9.98. The van der Waals surface area contributed by atoms with E-state index in [2.05, 4.69) is 0 Å². The Morgan fingerprint density at radius 1 is 0.767 bits per heavy atom. The molecule has 30 heavy (non-hydrogen) atoms. The molecule has 0 aromatic heterocycles. The first-order valence-electron chi connectivity index (χ1n) is 7.05. The molecule has 0 bridgehead atoms. The number of nitrogens with zero attached hydrogens (tertiary/aromatic N) is 1. The minimum absolute atomic E-state index is 0.618. The van der Waals surface area contributed by atoms with Crippen molar-refractivity contribution in [2.75, 3.05) is 13.1 Å². The monoisotopic (exact) mass is 499 g/mol. The molecule has 0 aliphatic rings. The minimum Gasteiger partial charge on any atom is -0.480 e. The van der Waals surface area contributed by atoms with Crippen LogP contribution >= 0.6 is 0 Å². The molecule has 0 rings (SSSR count). The summed E-state index contributed by atoms with van der Waals surface area (Å²) < 4.78 is 191. The summed E-state index contributed by atoms with van der Waals surface area (Å²) in [5.74, 6) is -34.9. The zero-order chi connectivity index (χ0) is 24.8. The van der Waals surface area contributed by atoms with Crippen LogP contribution in [0.3, 0.4) is 0 Å². The number of halogens is 13. The molecule has 0 amide bonds. The molecule has 180 valence electrons. The summed E-state index contributed by atoms with van der Waals surface area (Å²) in [5, 5.41) is 0.952. The number of alkyl halides is 13. The normalized spacial score (nSPS) is 15.6. The molecule has 0 aliphatic heterocycles. The van der Waals surface area contributed by atoms with Crippen molar-refractivity contribution in [3.05, 3.63) is 0 Å². The average Bonchev–Trinajstić information content (AvgIpc) is 2.51. The molecule has 19 heteroatoms. The fraction of sp³-hybridized carbons (Fsp3) is 0.909. The maximum Gasteiger partial charge on any atom is 0.460 e. The molecule has 0 atom stereocenters. The highest BCUT2D eigenvalue weighted by Crippen LogP contribution is 2.61. The van der Waals surface area contributed by atoms with E-state index in [0.29, 0.717) is 0 Å². The number of carboxylic acid groups (broad SMARTS) is 1. The Hall–Kier alpha value is -1.53. The Morgan fingerprint density at radius 3 is 1.43 bits per heavy atom. The molecule has 0 fully saturated rings. The quantitative estimate of drug-likeness (QED) is 0.465. The second-order valence-electron chi connectivity index (χ2n) is 5.54. The molecular formula is C11H10F13NO4S. The predicted molar refractivity (Wildman–Crippen MR) is 69.2 cm³/mol. The number of carboxylic acids is 1.